The van der Waals surface area contributed by atoms with Crippen LogP contribution in [0.15, 0.2) is 5.38 Å². The van der Waals surface area contributed by atoms with Crippen LogP contribution in [0.1, 0.15) is 55.5 Å². The molecule has 0 aromatic carbocycles. The minimum Gasteiger partial charge on any atom is -0.348 e. The average molecular weight is 269 g/mol. The van der Waals surface area contributed by atoms with Crippen molar-refractivity contribution in [2.75, 3.05) is 0 Å². The molecule has 1 unspecified atom stereocenters. The number of amides is 1. The largest absolute Gasteiger partial charge is 0.348 e. The summed E-state index contributed by atoms with van der Waals surface area (Å²) in [5, 5.41) is 5.53. The normalized spacial score (nSPS) is 12.7. The highest BCUT2D eigenvalue weighted by Gasteiger charge is 2.12. The summed E-state index contributed by atoms with van der Waals surface area (Å²) >= 11 is 1.43. The molecule has 0 spiro atoms. The van der Waals surface area contributed by atoms with Crippen molar-refractivity contribution in [2.45, 2.75) is 52.6 Å². The first-order valence-corrected chi connectivity index (χ1v) is 7.36. The molecule has 1 amide bonds. The second-order valence-corrected chi connectivity index (χ2v) is 5.97. The zero-order valence-electron chi connectivity index (χ0n) is 11.4. The first-order chi connectivity index (χ1) is 8.52. The van der Waals surface area contributed by atoms with Gasteiger partial charge in [0.2, 0.25) is 0 Å². The first kappa shape index (κ1) is 15.1. The quantitative estimate of drug-likeness (QED) is 0.799. The third-order valence-electron chi connectivity index (χ3n) is 2.76. The zero-order valence-corrected chi connectivity index (χ0v) is 12.2. The van der Waals surface area contributed by atoms with Crippen molar-refractivity contribution in [3.63, 3.8) is 0 Å². The van der Waals surface area contributed by atoms with E-state index in [1.54, 1.807) is 5.38 Å². The van der Waals surface area contributed by atoms with Crippen LogP contribution in [0, 0.1) is 5.92 Å². The molecule has 1 aromatic rings. The minimum atomic E-state index is -0.0944. The van der Waals surface area contributed by atoms with Gasteiger partial charge in [0, 0.05) is 18.0 Å². The van der Waals surface area contributed by atoms with Gasteiger partial charge in [-0.2, -0.15) is 0 Å². The Morgan fingerprint density at radius 2 is 2.17 bits per heavy atom. The number of hydrogen-bond acceptors (Lipinski definition) is 4. The highest BCUT2D eigenvalue weighted by Crippen LogP contribution is 2.11. The van der Waals surface area contributed by atoms with Crippen LogP contribution in [0.3, 0.4) is 0 Å². The van der Waals surface area contributed by atoms with Gasteiger partial charge in [-0.3, -0.25) is 4.79 Å². The van der Waals surface area contributed by atoms with Crippen LogP contribution in [0.5, 0.6) is 0 Å². The molecule has 1 aromatic heterocycles. The molecule has 0 aliphatic rings. The summed E-state index contributed by atoms with van der Waals surface area (Å²) in [6, 6.07) is 0.194. The molecule has 0 radical (unpaired) electrons. The summed E-state index contributed by atoms with van der Waals surface area (Å²) < 4.78 is 0. The zero-order chi connectivity index (χ0) is 13.5. The van der Waals surface area contributed by atoms with Crippen LogP contribution < -0.4 is 11.1 Å². The lowest BCUT2D eigenvalue weighted by Crippen LogP contribution is -2.32. The summed E-state index contributed by atoms with van der Waals surface area (Å²) in [6.07, 6.45) is 3.36. The standard InChI is InChI=1S/C13H23N3OS/c1-9(2)5-4-6-10(3)15-13(17)11-8-18-12(7-14)16-11/h8-10H,4-7,14H2,1-3H3,(H,15,17). The number of carbonyl (C=O) groups excluding carboxylic acids is 1. The van der Waals surface area contributed by atoms with Gasteiger partial charge in [-0.1, -0.05) is 26.7 Å². The Balaban J connectivity index is 2.35. The number of hydrogen-bond donors (Lipinski definition) is 2. The predicted octanol–water partition coefficient (Wildman–Crippen LogP) is 2.55. The molecule has 4 nitrogen and oxygen atoms in total. The van der Waals surface area contributed by atoms with Crippen molar-refractivity contribution >= 4 is 17.2 Å². The fraction of sp³-hybridized carbons (Fsp3) is 0.692. The molecule has 1 heterocycles. The second-order valence-electron chi connectivity index (χ2n) is 5.03. The maximum atomic E-state index is 11.9. The van der Waals surface area contributed by atoms with E-state index >= 15 is 0 Å². The van der Waals surface area contributed by atoms with Crippen molar-refractivity contribution in [3.05, 3.63) is 16.1 Å². The van der Waals surface area contributed by atoms with Crippen molar-refractivity contribution in [1.29, 1.82) is 0 Å². The van der Waals surface area contributed by atoms with E-state index in [4.69, 9.17) is 5.73 Å². The van der Waals surface area contributed by atoms with Gasteiger partial charge in [-0.15, -0.1) is 11.3 Å². The third-order valence-corrected chi connectivity index (χ3v) is 3.63. The summed E-state index contributed by atoms with van der Waals surface area (Å²) in [6.45, 7) is 6.86. The van der Waals surface area contributed by atoms with E-state index in [2.05, 4.69) is 24.1 Å². The van der Waals surface area contributed by atoms with Gasteiger partial charge in [0.25, 0.3) is 5.91 Å². The van der Waals surface area contributed by atoms with Crippen LogP contribution in [-0.2, 0) is 6.54 Å². The molecule has 0 saturated carbocycles. The van der Waals surface area contributed by atoms with Gasteiger partial charge < -0.3 is 11.1 Å². The Hall–Kier alpha value is -0.940. The Labute approximate surface area is 113 Å². The lowest BCUT2D eigenvalue weighted by Gasteiger charge is -2.13. The SMILES string of the molecule is CC(C)CCCC(C)NC(=O)c1csc(CN)n1. The summed E-state index contributed by atoms with van der Waals surface area (Å²) in [4.78, 5) is 16.0. The van der Waals surface area contributed by atoms with Crippen LogP contribution in [0.4, 0.5) is 0 Å². The van der Waals surface area contributed by atoms with Crippen LogP contribution in [-0.4, -0.2) is 16.9 Å². The molecule has 0 saturated heterocycles. The molecular formula is C13H23N3OS. The lowest BCUT2D eigenvalue weighted by atomic mass is 10.0. The van der Waals surface area contributed by atoms with Gasteiger partial charge in [0.1, 0.15) is 10.7 Å². The molecule has 0 aliphatic heterocycles. The highest BCUT2D eigenvalue weighted by atomic mass is 32.1. The fourth-order valence-electron chi connectivity index (χ4n) is 1.71. The number of carbonyl (C=O) groups is 1. The average Bonchev–Trinajstić information content (AvgIpc) is 2.76. The van der Waals surface area contributed by atoms with Crippen LogP contribution in [0.25, 0.3) is 0 Å². The van der Waals surface area contributed by atoms with Gasteiger partial charge in [-0.25, -0.2) is 4.98 Å². The monoisotopic (exact) mass is 269 g/mol. The molecule has 102 valence electrons. The highest BCUT2D eigenvalue weighted by molar-refractivity contribution is 7.09. The number of nitrogens with two attached hydrogens (primary N) is 1. The maximum absolute atomic E-state index is 11.9. The second kappa shape index (κ2) is 7.48. The number of thiazole rings is 1. The van der Waals surface area contributed by atoms with Crippen LogP contribution in [0.2, 0.25) is 0 Å². The molecule has 0 aliphatic carbocycles. The van der Waals surface area contributed by atoms with E-state index in [1.165, 1.54) is 17.8 Å². The Bertz CT molecular complexity index is 376. The minimum absolute atomic E-state index is 0.0944. The van der Waals surface area contributed by atoms with E-state index < -0.39 is 0 Å². The number of nitrogens with one attached hydrogen (secondary N) is 1. The number of rotatable bonds is 7. The summed E-state index contributed by atoms with van der Waals surface area (Å²) in [5.74, 6) is 0.626. The Morgan fingerprint density at radius 1 is 1.44 bits per heavy atom. The van der Waals surface area contributed by atoms with Crippen molar-refractivity contribution in [3.8, 4) is 0 Å². The van der Waals surface area contributed by atoms with E-state index in [1.807, 2.05) is 6.92 Å². The van der Waals surface area contributed by atoms with Gasteiger partial charge in [0.15, 0.2) is 0 Å². The molecule has 3 N–H and O–H groups in total. The molecule has 0 bridgehead atoms. The van der Waals surface area contributed by atoms with Crippen molar-refractivity contribution < 1.29 is 4.79 Å². The van der Waals surface area contributed by atoms with Crippen molar-refractivity contribution in [1.82, 2.24) is 10.3 Å². The third kappa shape index (κ3) is 5.14. The molecule has 18 heavy (non-hydrogen) atoms. The van der Waals surface area contributed by atoms with Gasteiger partial charge in [-0.05, 0) is 19.3 Å². The summed E-state index contributed by atoms with van der Waals surface area (Å²) in [5.41, 5.74) is 5.96. The number of nitrogens with zero attached hydrogens (tertiary/aromatic N) is 1. The molecule has 1 rings (SSSR count). The molecule has 1 atom stereocenters. The molecular weight excluding hydrogens is 246 g/mol. The smallest absolute Gasteiger partial charge is 0.270 e. The van der Waals surface area contributed by atoms with Crippen LogP contribution >= 0.6 is 11.3 Å². The van der Waals surface area contributed by atoms with E-state index in [9.17, 15) is 4.79 Å². The number of aromatic nitrogens is 1. The molecule has 5 heteroatoms. The fourth-order valence-corrected chi connectivity index (χ4v) is 2.37. The van der Waals surface area contributed by atoms with Gasteiger partial charge >= 0.3 is 0 Å². The van der Waals surface area contributed by atoms with Crippen molar-refractivity contribution in [2.24, 2.45) is 11.7 Å². The summed E-state index contributed by atoms with van der Waals surface area (Å²) in [7, 11) is 0. The predicted molar refractivity (Wildman–Crippen MR) is 75.6 cm³/mol. The first-order valence-electron chi connectivity index (χ1n) is 6.48. The lowest BCUT2D eigenvalue weighted by molar-refractivity contribution is 0.0933. The molecule has 0 fully saturated rings. The maximum Gasteiger partial charge on any atom is 0.270 e. The van der Waals surface area contributed by atoms with E-state index in [-0.39, 0.29) is 11.9 Å². The van der Waals surface area contributed by atoms with Gasteiger partial charge in [0.05, 0.1) is 0 Å². The Morgan fingerprint density at radius 3 is 2.72 bits per heavy atom. The Kier molecular flexibility index (Phi) is 6.29. The van der Waals surface area contributed by atoms with E-state index in [0.29, 0.717) is 12.2 Å². The topological polar surface area (TPSA) is 68.0 Å². The van der Waals surface area contributed by atoms with E-state index in [0.717, 1.165) is 23.8 Å².